The average Bonchev–Trinajstić information content (AvgIpc) is 2.67. The van der Waals surface area contributed by atoms with E-state index in [1.165, 1.54) is 11.6 Å². The molecule has 1 aliphatic rings. The van der Waals surface area contributed by atoms with E-state index >= 15 is 0 Å². The third-order valence-corrected chi connectivity index (χ3v) is 4.94. The maximum atomic E-state index is 12.5. The summed E-state index contributed by atoms with van der Waals surface area (Å²) in [4.78, 5) is 24.5. The van der Waals surface area contributed by atoms with E-state index in [1.807, 2.05) is 43.3 Å². The Bertz CT molecular complexity index is 856. The van der Waals surface area contributed by atoms with Crippen LogP contribution < -0.4 is 5.32 Å². The second-order valence-corrected chi connectivity index (χ2v) is 6.92. The number of esters is 1. The minimum absolute atomic E-state index is 0.0221. The molecule has 0 spiro atoms. The molecule has 1 amide bonds. The van der Waals surface area contributed by atoms with Gasteiger partial charge in [-0.3, -0.25) is 4.79 Å². The average molecular weight is 363 g/mol. The minimum Gasteiger partial charge on any atom is -0.449 e. The molecule has 0 unspecified atom stereocenters. The van der Waals surface area contributed by atoms with Crippen molar-refractivity contribution in [1.29, 1.82) is 0 Å². The molecule has 0 saturated heterocycles. The quantitative estimate of drug-likeness (QED) is 0.642. The smallest absolute Gasteiger partial charge is 0.331 e. The van der Waals surface area contributed by atoms with Crippen molar-refractivity contribution < 1.29 is 14.3 Å². The summed E-state index contributed by atoms with van der Waals surface area (Å²) in [7, 11) is 0. The molecular weight excluding hydrogens is 338 g/mol. The zero-order valence-electron chi connectivity index (χ0n) is 15.8. The van der Waals surface area contributed by atoms with E-state index in [2.05, 4.69) is 17.4 Å². The number of rotatable bonds is 5. The molecule has 0 aliphatic heterocycles. The second kappa shape index (κ2) is 8.67. The summed E-state index contributed by atoms with van der Waals surface area (Å²) in [6.07, 6.45) is 5.21. The third-order valence-electron chi connectivity index (χ3n) is 4.94. The van der Waals surface area contributed by atoms with Crippen molar-refractivity contribution in [1.82, 2.24) is 5.32 Å². The van der Waals surface area contributed by atoms with Gasteiger partial charge in [0.2, 0.25) is 0 Å². The van der Waals surface area contributed by atoms with Crippen molar-refractivity contribution in [2.24, 2.45) is 0 Å². The van der Waals surface area contributed by atoms with Crippen molar-refractivity contribution in [3.8, 4) is 0 Å². The zero-order chi connectivity index (χ0) is 19.2. The van der Waals surface area contributed by atoms with Crippen molar-refractivity contribution in [2.45, 2.75) is 45.3 Å². The van der Waals surface area contributed by atoms with Crippen LogP contribution in [-0.2, 0) is 20.7 Å². The number of benzene rings is 2. The number of hydrogen-bond acceptors (Lipinski definition) is 3. The van der Waals surface area contributed by atoms with Gasteiger partial charge in [-0.15, -0.1) is 0 Å². The maximum Gasteiger partial charge on any atom is 0.331 e. The summed E-state index contributed by atoms with van der Waals surface area (Å²) >= 11 is 0. The molecule has 0 fully saturated rings. The Labute approximate surface area is 160 Å². The number of carbonyl (C=O) groups is 2. The van der Waals surface area contributed by atoms with E-state index in [4.69, 9.17) is 4.74 Å². The molecule has 2 aromatic carbocycles. The van der Waals surface area contributed by atoms with Gasteiger partial charge in [-0.05, 0) is 61.4 Å². The second-order valence-electron chi connectivity index (χ2n) is 6.92. The van der Waals surface area contributed by atoms with Gasteiger partial charge in [0.25, 0.3) is 5.91 Å². The van der Waals surface area contributed by atoms with Crippen LogP contribution >= 0.6 is 0 Å². The standard InChI is InChI=1S/C23H25NO3/c1-16-8-3-4-9-18(16)14-15-22(25)27-17(2)23(26)24-21-13-7-11-19-10-5-6-12-20(19)21/h3-6,8-10,12,14-15,17,21H,7,11,13H2,1-2H3,(H,24,26)/b15-14+/t17-,21-/m0/s1. The number of nitrogens with one attached hydrogen (secondary N) is 1. The van der Waals surface area contributed by atoms with Crippen molar-refractivity contribution in [3.05, 3.63) is 76.9 Å². The molecule has 4 nitrogen and oxygen atoms in total. The number of aryl methyl sites for hydroxylation is 2. The summed E-state index contributed by atoms with van der Waals surface area (Å²) in [5.74, 6) is -0.792. The zero-order valence-corrected chi connectivity index (χ0v) is 15.8. The Balaban J connectivity index is 1.57. The Morgan fingerprint density at radius 1 is 1.15 bits per heavy atom. The normalized spacial score (nSPS) is 17.2. The predicted octanol–water partition coefficient (Wildman–Crippen LogP) is 4.13. The molecule has 140 valence electrons. The molecule has 0 bridgehead atoms. The van der Waals surface area contributed by atoms with Gasteiger partial charge in [0.1, 0.15) is 0 Å². The fourth-order valence-corrected chi connectivity index (χ4v) is 3.39. The molecule has 1 N–H and O–H groups in total. The first-order valence-corrected chi connectivity index (χ1v) is 9.37. The number of amides is 1. The molecule has 0 heterocycles. The van der Waals surface area contributed by atoms with Crippen LogP contribution in [0, 0.1) is 6.92 Å². The Hall–Kier alpha value is -2.88. The van der Waals surface area contributed by atoms with Gasteiger partial charge < -0.3 is 10.1 Å². The van der Waals surface area contributed by atoms with Crippen LogP contribution in [0.15, 0.2) is 54.6 Å². The monoisotopic (exact) mass is 363 g/mol. The minimum atomic E-state index is -0.840. The van der Waals surface area contributed by atoms with Gasteiger partial charge >= 0.3 is 5.97 Å². The van der Waals surface area contributed by atoms with E-state index in [1.54, 1.807) is 13.0 Å². The van der Waals surface area contributed by atoms with E-state index in [0.717, 1.165) is 36.0 Å². The van der Waals surface area contributed by atoms with Crippen LogP contribution in [0.3, 0.4) is 0 Å². The first kappa shape index (κ1) is 18.9. The van der Waals surface area contributed by atoms with E-state index in [9.17, 15) is 9.59 Å². The summed E-state index contributed by atoms with van der Waals surface area (Å²) < 4.78 is 5.27. The van der Waals surface area contributed by atoms with Gasteiger partial charge in [-0.25, -0.2) is 4.79 Å². The lowest BCUT2D eigenvalue weighted by Crippen LogP contribution is -2.39. The SMILES string of the molecule is Cc1ccccc1/C=C/C(=O)O[C@@H](C)C(=O)N[C@H]1CCCc2ccccc21. The third kappa shape index (κ3) is 4.85. The number of hydrogen-bond donors (Lipinski definition) is 1. The molecule has 0 aromatic heterocycles. The molecule has 0 saturated carbocycles. The fourth-order valence-electron chi connectivity index (χ4n) is 3.39. The fraction of sp³-hybridized carbons (Fsp3) is 0.304. The van der Waals surface area contributed by atoms with Crippen LogP contribution in [0.1, 0.15) is 48.1 Å². The molecule has 4 heteroatoms. The Morgan fingerprint density at radius 2 is 1.89 bits per heavy atom. The van der Waals surface area contributed by atoms with Crippen molar-refractivity contribution >= 4 is 18.0 Å². The van der Waals surface area contributed by atoms with Crippen molar-refractivity contribution in [2.75, 3.05) is 0 Å². The summed E-state index contributed by atoms with van der Waals surface area (Å²) in [5, 5.41) is 3.02. The van der Waals surface area contributed by atoms with Crippen LogP contribution in [0.4, 0.5) is 0 Å². The largest absolute Gasteiger partial charge is 0.449 e. The molecular formula is C23H25NO3. The van der Waals surface area contributed by atoms with Crippen LogP contribution in [0.5, 0.6) is 0 Å². The summed E-state index contributed by atoms with van der Waals surface area (Å²) in [6, 6.07) is 15.9. The highest BCUT2D eigenvalue weighted by Crippen LogP contribution is 2.29. The van der Waals surface area contributed by atoms with E-state index in [0.29, 0.717) is 0 Å². The lowest BCUT2D eigenvalue weighted by Gasteiger charge is -2.27. The lowest BCUT2D eigenvalue weighted by molar-refractivity contribution is -0.150. The first-order chi connectivity index (χ1) is 13.0. The van der Waals surface area contributed by atoms with Crippen LogP contribution in [0.25, 0.3) is 6.08 Å². The summed E-state index contributed by atoms with van der Waals surface area (Å²) in [6.45, 7) is 3.58. The highest BCUT2D eigenvalue weighted by Gasteiger charge is 2.24. The maximum absolute atomic E-state index is 12.5. The van der Waals surface area contributed by atoms with Gasteiger partial charge in [0.05, 0.1) is 6.04 Å². The summed E-state index contributed by atoms with van der Waals surface area (Å²) in [5.41, 5.74) is 4.46. The molecule has 27 heavy (non-hydrogen) atoms. The first-order valence-electron chi connectivity index (χ1n) is 9.37. The molecule has 2 atom stereocenters. The number of fused-ring (bicyclic) bond motifs is 1. The molecule has 3 rings (SSSR count). The van der Waals surface area contributed by atoms with E-state index < -0.39 is 12.1 Å². The molecule has 0 radical (unpaired) electrons. The predicted molar refractivity (Wildman–Crippen MR) is 106 cm³/mol. The van der Waals surface area contributed by atoms with Crippen molar-refractivity contribution in [3.63, 3.8) is 0 Å². The highest BCUT2D eigenvalue weighted by molar-refractivity contribution is 5.90. The van der Waals surface area contributed by atoms with Gasteiger partial charge in [-0.2, -0.15) is 0 Å². The van der Waals surface area contributed by atoms with Crippen LogP contribution in [0.2, 0.25) is 0 Å². The van der Waals surface area contributed by atoms with Gasteiger partial charge in [0, 0.05) is 6.08 Å². The van der Waals surface area contributed by atoms with Crippen LogP contribution in [-0.4, -0.2) is 18.0 Å². The van der Waals surface area contributed by atoms with E-state index in [-0.39, 0.29) is 11.9 Å². The molecule has 1 aliphatic carbocycles. The number of ether oxygens (including phenoxy) is 1. The highest BCUT2D eigenvalue weighted by atomic mass is 16.5. The molecule has 2 aromatic rings. The van der Waals surface area contributed by atoms with Gasteiger partial charge in [0.15, 0.2) is 6.10 Å². The Kier molecular flexibility index (Phi) is 6.07. The lowest BCUT2D eigenvalue weighted by atomic mass is 9.87. The number of carbonyl (C=O) groups excluding carboxylic acids is 2. The van der Waals surface area contributed by atoms with Gasteiger partial charge in [-0.1, -0.05) is 48.5 Å². The Morgan fingerprint density at radius 3 is 2.70 bits per heavy atom. The topological polar surface area (TPSA) is 55.4 Å².